The molecular weight excluding hydrogens is 266 g/mol. The summed E-state index contributed by atoms with van der Waals surface area (Å²) in [5.74, 6) is -0.101. The maximum absolute atomic E-state index is 12.2. The molecule has 6 heteroatoms. The lowest BCUT2D eigenvalue weighted by Gasteiger charge is -2.22. The van der Waals surface area contributed by atoms with Crippen molar-refractivity contribution in [2.45, 2.75) is 19.3 Å². The summed E-state index contributed by atoms with van der Waals surface area (Å²) in [5, 5.41) is 3.27. The Balaban J connectivity index is 1.95. The second kappa shape index (κ2) is 7.19. The van der Waals surface area contributed by atoms with Crippen LogP contribution in [0.2, 0.25) is 0 Å². The summed E-state index contributed by atoms with van der Waals surface area (Å²) in [5.41, 5.74) is 1.76. The van der Waals surface area contributed by atoms with Gasteiger partial charge in [0, 0.05) is 13.1 Å². The monoisotopic (exact) mass is 284 g/mol. The molecule has 110 valence electrons. The average molecular weight is 284 g/mol. The van der Waals surface area contributed by atoms with Crippen LogP contribution in [0.1, 0.15) is 12.8 Å². The van der Waals surface area contributed by atoms with Crippen LogP contribution in [0.5, 0.6) is 0 Å². The second-order valence-corrected chi connectivity index (χ2v) is 4.56. The first-order valence-corrected chi connectivity index (χ1v) is 6.67. The summed E-state index contributed by atoms with van der Waals surface area (Å²) in [6, 6.07) is 7.59. The van der Waals surface area contributed by atoms with Crippen LogP contribution >= 0.6 is 0 Å². The first kappa shape index (κ1) is 14.7. The van der Waals surface area contributed by atoms with Gasteiger partial charge in [-0.25, -0.2) is 8.78 Å². The van der Waals surface area contributed by atoms with E-state index in [0.29, 0.717) is 6.54 Å². The third kappa shape index (κ3) is 3.90. The normalized spacial score (nSPS) is 14.7. The molecule has 1 aliphatic rings. The quantitative estimate of drug-likeness (QED) is 0.845. The Morgan fingerprint density at radius 1 is 1.40 bits per heavy atom. The number of anilines is 2. The summed E-state index contributed by atoms with van der Waals surface area (Å²) >= 11 is 0. The molecule has 0 fully saturated rings. The van der Waals surface area contributed by atoms with Crippen molar-refractivity contribution >= 4 is 17.3 Å². The number of benzene rings is 1. The van der Waals surface area contributed by atoms with Gasteiger partial charge in [0.2, 0.25) is 5.91 Å². The number of amides is 1. The van der Waals surface area contributed by atoms with Crippen molar-refractivity contribution in [2.75, 3.05) is 36.5 Å². The van der Waals surface area contributed by atoms with Gasteiger partial charge in [-0.1, -0.05) is 12.1 Å². The number of fused-ring (bicyclic) bond motifs is 1. The molecule has 0 aliphatic carbocycles. The van der Waals surface area contributed by atoms with E-state index in [-0.39, 0.29) is 18.9 Å². The molecule has 0 saturated carbocycles. The first-order valence-electron chi connectivity index (χ1n) is 6.67. The Hall–Kier alpha value is -1.69. The standard InChI is InChI=1S/C14H18F2N2O2/c15-13(16)10-20-9-6-14(19)18-8-3-7-17-11-4-1-2-5-12(11)18/h1-2,4-5,13,17H,3,6-10H2. The van der Waals surface area contributed by atoms with E-state index in [9.17, 15) is 13.6 Å². The van der Waals surface area contributed by atoms with E-state index in [1.165, 1.54) is 0 Å². The Morgan fingerprint density at radius 2 is 2.20 bits per heavy atom. The van der Waals surface area contributed by atoms with Gasteiger partial charge in [-0.3, -0.25) is 4.79 Å². The number of nitrogens with zero attached hydrogens (tertiary/aromatic N) is 1. The Morgan fingerprint density at radius 3 is 3.00 bits per heavy atom. The minimum absolute atomic E-state index is 0.0231. The molecule has 20 heavy (non-hydrogen) atoms. The number of rotatable bonds is 5. The first-order chi connectivity index (χ1) is 9.68. The fraction of sp³-hybridized carbons (Fsp3) is 0.500. The number of hydrogen-bond acceptors (Lipinski definition) is 3. The fourth-order valence-corrected chi connectivity index (χ4v) is 2.17. The van der Waals surface area contributed by atoms with Gasteiger partial charge in [0.1, 0.15) is 6.61 Å². The third-order valence-corrected chi connectivity index (χ3v) is 3.07. The summed E-state index contributed by atoms with van der Waals surface area (Å²) in [4.78, 5) is 13.9. The molecule has 1 aromatic carbocycles. The van der Waals surface area contributed by atoms with Crippen LogP contribution in [0.25, 0.3) is 0 Å². The van der Waals surface area contributed by atoms with E-state index in [1.54, 1.807) is 4.90 Å². The van der Waals surface area contributed by atoms with Gasteiger partial charge in [0.25, 0.3) is 6.43 Å². The van der Waals surface area contributed by atoms with Crippen LogP contribution in [0.3, 0.4) is 0 Å². The van der Waals surface area contributed by atoms with Crippen molar-refractivity contribution < 1.29 is 18.3 Å². The van der Waals surface area contributed by atoms with Crippen LogP contribution in [-0.2, 0) is 9.53 Å². The highest BCUT2D eigenvalue weighted by Crippen LogP contribution is 2.28. The maximum Gasteiger partial charge on any atom is 0.261 e. The molecule has 1 aliphatic heterocycles. The third-order valence-electron chi connectivity index (χ3n) is 3.07. The summed E-state index contributed by atoms with van der Waals surface area (Å²) in [6.07, 6.45) is -1.53. The largest absolute Gasteiger partial charge is 0.383 e. The van der Waals surface area contributed by atoms with Crippen molar-refractivity contribution in [3.63, 3.8) is 0 Å². The maximum atomic E-state index is 12.2. The highest BCUT2D eigenvalue weighted by molar-refractivity contribution is 5.97. The number of carbonyl (C=O) groups excluding carboxylic acids is 1. The molecule has 0 unspecified atom stereocenters. The molecule has 1 heterocycles. The van der Waals surface area contributed by atoms with Crippen LogP contribution in [0.4, 0.5) is 20.2 Å². The van der Waals surface area contributed by atoms with E-state index in [1.807, 2.05) is 24.3 Å². The van der Waals surface area contributed by atoms with Crippen molar-refractivity contribution in [1.29, 1.82) is 0 Å². The highest BCUT2D eigenvalue weighted by atomic mass is 19.3. The Kier molecular flexibility index (Phi) is 5.29. The fourth-order valence-electron chi connectivity index (χ4n) is 2.17. The molecule has 0 atom stereocenters. The number of alkyl halides is 2. The predicted molar refractivity (Wildman–Crippen MR) is 73.3 cm³/mol. The number of carbonyl (C=O) groups is 1. The molecule has 0 aromatic heterocycles. The molecule has 2 rings (SSSR count). The molecule has 0 bridgehead atoms. The van der Waals surface area contributed by atoms with E-state index < -0.39 is 13.0 Å². The average Bonchev–Trinajstić information content (AvgIpc) is 2.65. The number of para-hydroxylation sites is 2. The SMILES string of the molecule is O=C(CCOCC(F)F)N1CCCNc2ccccc21. The zero-order valence-electron chi connectivity index (χ0n) is 11.1. The van der Waals surface area contributed by atoms with Crippen LogP contribution in [-0.4, -0.2) is 38.6 Å². The van der Waals surface area contributed by atoms with Crippen molar-refractivity contribution in [1.82, 2.24) is 0 Å². The second-order valence-electron chi connectivity index (χ2n) is 4.56. The summed E-state index contributed by atoms with van der Waals surface area (Å²) in [7, 11) is 0. The molecule has 1 aromatic rings. The summed E-state index contributed by atoms with van der Waals surface area (Å²) < 4.78 is 28.6. The molecule has 0 radical (unpaired) electrons. The highest BCUT2D eigenvalue weighted by Gasteiger charge is 2.20. The van der Waals surface area contributed by atoms with Gasteiger partial charge in [-0.2, -0.15) is 0 Å². The van der Waals surface area contributed by atoms with Crippen molar-refractivity contribution in [2.24, 2.45) is 0 Å². The van der Waals surface area contributed by atoms with Gasteiger partial charge >= 0.3 is 0 Å². The number of halogens is 2. The summed E-state index contributed by atoms with van der Waals surface area (Å²) in [6.45, 7) is 0.834. The molecule has 4 nitrogen and oxygen atoms in total. The van der Waals surface area contributed by atoms with Crippen LogP contribution in [0, 0.1) is 0 Å². The van der Waals surface area contributed by atoms with E-state index in [4.69, 9.17) is 4.74 Å². The van der Waals surface area contributed by atoms with Gasteiger partial charge in [0.05, 0.1) is 24.4 Å². The lowest BCUT2D eigenvalue weighted by molar-refractivity contribution is -0.120. The van der Waals surface area contributed by atoms with Crippen LogP contribution in [0.15, 0.2) is 24.3 Å². The minimum Gasteiger partial charge on any atom is -0.383 e. The smallest absolute Gasteiger partial charge is 0.261 e. The van der Waals surface area contributed by atoms with Crippen molar-refractivity contribution in [3.8, 4) is 0 Å². The Bertz CT molecular complexity index is 455. The van der Waals surface area contributed by atoms with Gasteiger partial charge in [-0.15, -0.1) is 0 Å². The number of nitrogens with one attached hydrogen (secondary N) is 1. The van der Waals surface area contributed by atoms with E-state index in [2.05, 4.69) is 5.32 Å². The zero-order chi connectivity index (χ0) is 14.4. The minimum atomic E-state index is -2.49. The molecule has 1 N–H and O–H groups in total. The number of ether oxygens (including phenoxy) is 1. The van der Waals surface area contributed by atoms with Gasteiger partial charge in [0.15, 0.2) is 0 Å². The molecule has 0 spiro atoms. The molecule has 0 saturated heterocycles. The molecule has 1 amide bonds. The zero-order valence-corrected chi connectivity index (χ0v) is 11.1. The Labute approximate surface area is 116 Å². The van der Waals surface area contributed by atoms with Gasteiger partial charge < -0.3 is 15.0 Å². The van der Waals surface area contributed by atoms with Crippen molar-refractivity contribution in [3.05, 3.63) is 24.3 Å². The number of hydrogen-bond donors (Lipinski definition) is 1. The van der Waals surface area contributed by atoms with Gasteiger partial charge in [-0.05, 0) is 18.6 Å². The molecular formula is C14H18F2N2O2. The lowest BCUT2D eigenvalue weighted by atomic mass is 10.2. The topological polar surface area (TPSA) is 41.6 Å². The van der Waals surface area contributed by atoms with E-state index >= 15 is 0 Å². The lowest BCUT2D eigenvalue weighted by Crippen LogP contribution is -2.32. The van der Waals surface area contributed by atoms with E-state index in [0.717, 1.165) is 24.3 Å². The van der Waals surface area contributed by atoms with Crippen LogP contribution < -0.4 is 10.2 Å². The predicted octanol–water partition coefficient (Wildman–Crippen LogP) is 2.51.